The zero-order valence-corrected chi connectivity index (χ0v) is 16.7. The zero-order valence-electron chi connectivity index (χ0n) is 15.2. The summed E-state index contributed by atoms with van der Waals surface area (Å²) in [4.78, 5) is 25.7. The lowest BCUT2D eigenvalue weighted by Crippen LogP contribution is -2.42. The second-order valence-electron chi connectivity index (χ2n) is 7.37. The molecular formula is C22H20Cl2O4. The van der Waals surface area contributed by atoms with Crippen molar-refractivity contribution in [2.75, 3.05) is 0 Å². The molecule has 1 unspecified atom stereocenters. The van der Waals surface area contributed by atoms with Gasteiger partial charge in [0.05, 0.1) is 12.7 Å². The minimum absolute atomic E-state index is 0.0514. The van der Waals surface area contributed by atoms with Gasteiger partial charge in [-0.2, -0.15) is 0 Å². The van der Waals surface area contributed by atoms with E-state index in [9.17, 15) is 9.59 Å². The Kier molecular flexibility index (Phi) is 5.46. The van der Waals surface area contributed by atoms with Crippen LogP contribution < -0.4 is 0 Å². The van der Waals surface area contributed by atoms with Gasteiger partial charge in [0.2, 0.25) is 0 Å². The molecule has 6 heteroatoms. The molecule has 1 spiro atoms. The second-order valence-corrected chi connectivity index (χ2v) is 8.22. The summed E-state index contributed by atoms with van der Waals surface area (Å²) in [5.41, 5.74) is 0.515. The average Bonchev–Trinajstić information content (AvgIpc) is 2.92. The first-order valence-corrected chi connectivity index (χ1v) is 10.1. The predicted octanol–water partition coefficient (Wildman–Crippen LogP) is 5.10. The molecule has 0 amide bonds. The Morgan fingerprint density at radius 2 is 1.75 bits per heavy atom. The van der Waals surface area contributed by atoms with Crippen LogP contribution in [0.4, 0.5) is 0 Å². The molecule has 1 saturated heterocycles. The fourth-order valence-corrected chi connectivity index (χ4v) is 4.55. The van der Waals surface area contributed by atoms with Crippen molar-refractivity contribution in [3.05, 3.63) is 69.7 Å². The average molecular weight is 419 g/mol. The van der Waals surface area contributed by atoms with Crippen LogP contribution in [0.2, 0.25) is 10.0 Å². The molecule has 28 heavy (non-hydrogen) atoms. The van der Waals surface area contributed by atoms with Crippen LogP contribution in [0.1, 0.15) is 42.7 Å². The highest BCUT2D eigenvalue weighted by Crippen LogP contribution is 2.45. The Bertz CT molecular complexity index is 889. The van der Waals surface area contributed by atoms with Crippen molar-refractivity contribution in [1.29, 1.82) is 0 Å². The summed E-state index contributed by atoms with van der Waals surface area (Å²) in [5, 5.41) is 0.762. The van der Waals surface area contributed by atoms with Gasteiger partial charge in [0.1, 0.15) is 5.92 Å². The molecule has 146 valence electrons. The fourth-order valence-electron chi connectivity index (χ4n) is 4.04. The molecule has 0 aromatic heterocycles. The molecule has 2 aliphatic rings. The van der Waals surface area contributed by atoms with Crippen molar-refractivity contribution in [3.63, 3.8) is 0 Å². The number of carbonyl (C=O) groups is 2. The Balaban J connectivity index is 1.42. The number of ether oxygens (including phenoxy) is 2. The van der Waals surface area contributed by atoms with E-state index >= 15 is 0 Å². The molecule has 1 atom stereocenters. The third-order valence-corrected chi connectivity index (χ3v) is 6.15. The Hall–Kier alpha value is -1.88. The third-order valence-electron chi connectivity index (χ3n) is 5.59. The molecule has 0 N–H and O–H groups in total. The lowest BCUT2D eigenvalue weighted by Gasteiger charge is -2.34. The topological polar surface area (TPSA) is 52.6 Å². The number of benzene rings is 2. The van der Waals surface area contributed by atoms with Crippen molar-refractivity contribution < 1.29 is 19.1 Å². The van der Waals surface area contributed by atoms with Gasteiger partial charge < -0.3 is 9.47 Å². The Morgan fingerprint density at radius 1 is 1.04 bits per heavy atom. The molecule has 4 rings (SSSR count). The van der Waals surface area contributed by atoms with E-state index in [1.165, 1.54) is 0 Å². The van der Waals surface area contributed by atoms with Crippen LogP contribution in [0.5, 0.6) is 0 Å². The van der Waals surface area contributed by atoms with Gasteiger partial charge in [-0.05, 0) is 48.9 Å². The van der Waals surface area contributed by atoms with Gasteiger partial charge in [-0.15, -0.1) is 0 Å². The normalized spacial score (nSPS) is 27.2. The monoisotopic (exact) mass is 418 g/mol. The first kappa shape index (κ1) is 19.4. The SMILES string of the molecule is O=C1OC2(CCC(OCc3ccccc3)CC2)C(=O)C1c1ccc(Cl)cc1Cl. The van der Waals surface area contributed by atoms with E-state index in [0.29, 0.717) is 47.9 Å². The molecule has 1 aliphatic heterocycles. The van der Waals surface area contributed by atoms with Gasteiger partial charge >= 0.3 is 5.97 Å². The molecular weight excluding hydrogens is 399 g/mol. The van der Waals surface area contributed by atoms with Gasteiger partial charge in [0.15, 0.2) is 11.4 Å². The van der Waals surface area contributed by atoms with Crippen LogP contribution in [0.25, 0.3) is 0 Å². The molecule has 2 aromatic carbocycles. The van der Waals surface area contributed by atoms with Crippen molar-refractivity contribution >= 4 is 35.0 Å². The molecule has 4 nitrogen and oxygen atoms in total. The van der Waals surface area contributed by atoms with Gasteiger partial charge in [0.25, 0.3) is 0 Å². The minimum atomic E-state index is -1.06. The third kappa shape index (κ3) is 3.69. The summed E-state index contributed by atoms with van der Waals surface area (Å²) in [7, 11) is 0. The van der Waals surface area contributed by atoms with Gasteiger partial charge in [-0.3, -0.25) is 9.59 Å². The van der Waals surface area contributed by atoms with Gasteiger partial charge in [-0.25, -0.2) is 0 Å². The highest BCUT2D eigenvalue weighted by atomic mass is 35.5. The van der Waals surface area contributed by atoms with Crippen LogP contribution in [-0.4, -0.2) is 23.5 Å². The van der Waals surface area contributed by atoms with E-state index in [1.807, 2.05) is 30.3 Å². The lowest BCUT2D eigenvalue weighted by molar-refractivity contribution is -0.158. The first-order valence-electron chi connectivity index (χ1n) is 9.36. The summed E-state index contributed by atoms with van der Waals surface area (Å²) < 4.78 is 11.6. The number of rotatable bonds is 4. The number of hydrogen-bond donors (Lipinski definition) is 0. The minimum Gasteiger partial charge on any atom is -0.450 e. The van der Waals surface area contributed by atoms with E-state index in [4.69, 9.17) is 32.7 Å². The quantitative estimate of drug-likeness (QED) is 0.511. The molecule has 1 aliphatic carbocycles. The van der Waals surface area contributed by atoms with Crippen LogP contribution >= 0.6 is 23.2 Å². The largest absolute Gasteiger partial charge is 0.450 e. The number of carbonyl (C=O) groups excluding carboxylic acids is 2. The summed E-state index contributed by atoms with van der Waals surface area (Å²) in [5.74, 6) is -1.72. The molecule has 0 radical (unpaired) electrons. The first-order chi connectivity index (χ1) is 13.5. The molecule has 2 fully saturated rings. The van der Waals surface area contributed by atoms with Crippen molar-refractivity contribution in [2.24, 2.45) is 0 Å². The molecule has 2 aromatic rings. The van der Waals surface area contributed by atoms with Crippen LogP contribution in [-0.2, 0) is 25.7 Å². The summed E-state index contributed by atoms with van der Waals surface area (Å²) in [6.07, 6.45) is 2.34. The highest BCUT2D eigenvalue weighted by Gasteiger charge is 2.57. The van der Waals surface area contributed by atoms with E-state index in [0.717, 1.165) is 5.56 Å². The van der Waals surface area contributed by atoms with E-state index in [2.05, 4.69) is 0 Å². The number of esters is 1. The maximum atomic E-state index is 13.1. The number of halogens is 2. The van der Waals surface area contributed by atoms with E-state index in [1.54, 1.807) is 18.2 Å². The van der Waals surface area contributed by atoms with Crippen molar-refractivity contribution in [1.82, 2.24) is 0 Å². The van der Waals surface area contributed by atoms with Crippen molar-refractivity contribution in [2.45, 2.75) is 49.9 Å². The van der Waals surface area contributed by atoms with Crippen LogP contribution in [0.3, 0.4) is 0 Å². The van der Waals surface area contributed by atoms with E-state index in [-0.39, 0.29) is 11.9 Å². The Morgan fingerprint density at radius 3 is 2.43 bits per heavy atom. The Labute approximate surface area is 173 Å². The van der Waals surface area contributed by atoms with Crippen molar-refractivity contribution in [3.8, 4) is 0 Å². The van der Waals surface area contributed by atoms with E-state index < -0.39 is 17.5 Å². The maximum Gasteiger partial charge on any atom is 0.322 e. The van der Waals surface area contributed by atoms with Gasteiger partial charge in [0, 0.05) is 10.0 Å². The summed E-state index contributed by atoms with van der Waals surface area (Å²) in [6, 6.07) is 14.8. The zero-order chi connectivity index (χ0) is 19.7. The molecule has 1 saturated carbocycles. The summed E-state index contributed by atoms with van der Waals surface area (Å²) >= 11 is 12.2. The smallest absolute Gasteiger partial charge is 0.322 e. The number of hydrogen-bond acceptors (Lipinski definition) is 4. The highest BCUT2D eigenvalue weighted by molar-refractivity contribution is 6.35. The molecule has 0 bridgehead atoms. The number of Topliss-reactive ketones (excluding diaryl/α,β-unsaturated/α-hetero) is 1. The maximum absolute atomic E-state index is 13.1. The predicted molar refractivity (Wildman–Crippen MR) is 107 cm³/mol. The lowest BCUT2D eigenvalue weighted by atomic mass is 9.77. The fraction of sp³-hybridized carbons (Fsp3) is 0.364. The van der Waals surface area contributed by atoms with Gasteiger partial charge in [-0.1, -0.05) is 59.6 Å². The molecule has 1 heterocycles. The van der Waals surface area contributed by atoms with Crippen LogP contribution in [0.15, 0.2) is 48.5 Å². The number of ketones is 1. The summed E-state index contributed by atoms with van der Waals surface area (Å²) in [6.45, 7) is 0.537. The standard InChI is InChI=1S/C22H20Cl2O4/c23-15-6-7-17(18(24)12-15)19-20(25)22(28-21(19)26)10-8-16(9-11-22)27-13-14-4-2-1-3-5-14/h1-7,12,16,19H,8-11,13H2. The van der Waals surface area contributed by atoms with Crippen LogP contribution in [0, 0.1) is 0 Å². The second kappa shape index (κ2) is 7.86.